The second-order valence-electron chi connectivity index (χ2n) is 7.19. The molecule has 2 aromatic carbocycles. The number of para-hydroxylation sites is 1. The van der Waals surface area contributed by atoms with Crippen molar-refractivity contribution < 1.29 is 9.59 Å². The molecule has 0 saturated carbocycles. The van der Waals surface area contributed by atoms with Crippen molar-refractivity contribution in [2.45, 2.75) is 19.0 Å². The van der Waals surface area contributed by atoms with Crippen LogP contribution in [0.25, 0.3) is 0 Å². The van der Waals surface area contributed by atoms with Crippen molar-refractivity contribution in [3.63, 3.8) is 0 Å². The summed E-state index contributed by atoms with van der Waals surface area (Å²) in [5.41, 5.74) is 2.71. The van der Waals surface area contributed by atoms with Crippen LogP contribution < -0.4 is 4.90 Å². The van der Waals surface area contributed by atoms with Crippen molar-refractivity contribution in [1.29, 1.82) is 0 Å². The molecule has 0 bridgehead atoms. The lowest BCUT2D eigenvalue weighted by atomic mass is 9.79. The first-order valence-corrected chi connectivity index (χ1v) is 9.21. The Morgan fingerprint density at radius 2 is 1.63 bits per heavy atom. The van der Waals surface area contributed by atoms with Gasteiger partial charge in [0.25, 0.3) is 0 Å². The summed E-state index contributed by atoms with van der Waals surface area (Å²) in [7, 11) is 0. The Kier molecular flexibility index (Phi) is 3.67. The van der Waals surface area contributed by atoms with Gasteiger partial charge in [-0.1, -0.05) is 54.6 Å². The van der Waals surface area contributed by atoms with E-state index in [1.165, 1.54) is 4.90 Å². The third-order valence-corrected chi connectivity index (χ3v) is 5.64. The predicted octanol–water partition coefficient (Wildman–Crippen LogP) is 2.99. The number of rotatable bonds is 3. The van der Waals surface area contributed by atoms with Crippen LogP contribution in [0.1, 0.15) is 12.0 Å². The van der Waals surface area contributed by atoms with Gasteiger partial charge in [0.15, 0.2) is 0 Å². The topological polar surface area (TPSA) is 53.0 Å². The molecule has 3 atom stereocenters. The van der Waals surface area contributed by atoms with E-state index >= 15 is 0 Å². The molecule has 27 heavy (non-hydrogen) atoms. The Hall–Kier alpha value is -3.21. The molecule has 2 amide bonds. The normalized spacial score (nSPS) is 26.2. The molecule has 3 aliphatic rings. The minimum absolute atomic E-state index is 0.0990. The maximum absolute atomic E-state index is 13.3. The molecular weight excluding hydrogens is 338 g/mol. The van der Waals surface area contributed by atoms with E-state index in [9.17, 15) is 9.59 Å². The molecule has 2 aliphatic heterocycles. The number of nitrogens with zero attached hydrogens (tertiary/aromatic N) is 3. The predicted molar refractivity (Wildman–Crippen MR) is 103 cm³/mol. The van der Waals surface area contributed by atoms with Gasteiger partial charge < -0.3 is 4.90 Å². The van der Waals surface area contributed by atoms with Crippen molar-refractivity contribution in [2.24, 2.45) is 16.8 Å². The molecule has 0 radical (unpaired) electrons. The minimum atomic E-state index is -0.385. The van der Waals surface area contributed by atoms with Gasteiger partial charge in [-0.25, -0.2) is 9.89 Å². The zero-order chi connectivity index (χ0) is 18.4. The molecule has 1 saturated heterocycles. The fourth-order valence-electron chi connectivity index (χ4n) is 4.39. The first-order chi connectivity index (χ1) is 13.2. The van der Waals surface area contributed by atoms with E-state index in [0.717, 1.165) is 11.3 Å². The van der Waals surface area contributed by atoms with Crippen LogP contribution in [0.15, 0.2) is 77.4 Å². The molecule has 5 rings (SSSR count). The number of allylic oxidation sites excluding steroid dienone is 1. The zero-order valence-electron chi connectivity index (χ0n) is 14.7. The van der Waals surface area contributed by atoms with Gasteiger partial charge in [0.2, 0.25) is 11.8 Å². The number of fused-ring (bicyclic) bond motifs is 3. The van der Waals surface area contributed by atoms with Crippen molar-refractivity contribution in [1.82, 2.24) is 4.90 Å². The van der Waals surface area contributed by atoms with Gasteiger partial charge in [0, 0.05) is 6.54 Å². The molecule has 5 heteroatoms. The van der Waals surface area contributed by atoms with Crippen molar-refractivity contribution in [3.05, 3.63) is 78.0 Å². The summed E-state index contributed by atoms with van der Waals surface area (Å²) in [4.78, 5) is 34.3. The summed E-state index contributed by atoms with van der Waals surface area (Å²) in [5, 5.41) is 0. The second kappa shape index (κ2) is 6.20. The van der Waals surface area contributed by atoms with Crippen LogP contribution in [0.5, 0.6) is 0 Å². The second-order valence-corrected chi connectivity index (χ2v) is 7.19. The van der Waals surface area contributed by atoms with E-state index in [0.29, 0.717) is 18.7 Å². The standard InChI is InChI=1S/C22H19N3O2/c26-21-17-11-12-18-20(24(14-23-18)13-15-7-3-1-4-8-15)19(17)22(27)25(21)16-9-5-2-6-10-16/h1-10,12,14,17,19-20H,11,13H2/t17-,19-,20+/m0/s1. The number of hydrogen-bond donors (Lipinski definition) is 0. The van der Waals surface area contributed by atoms with E-state index in [1.54, 1.807) is 0 Å². The van der Waals surface area contributed by atoms with Crippen LogP contribution in [0.3, 0.4) is 0 Å². The molecule has 1 fully saturated rings. The van der Waals surface area contributed by atoms with Gasteiger partial charge in [0.05, 0.1) is 35.6 Å². The molecular formula is C22H19N3O2. The van der Waals surface area contributed by atoms with Crippen LogP contribution >= 0.6 is 0 Å². The van der Waals surface area contributed by atoms with Gasteiger partial charge in [-0.05, 0) is 24.1 Å². The first kappa shape index (κ1) is 16.0. The summed E-state index contributed by atoms with van der Waals surface area (Å²) in [6.45, 7) is 0.669. The summed E-state index contributed by atoms with van der Waals surface area (Å²) in [6, 6.07) is 19.2. The highest BCUT2D eigenvalue weighted by molar-refractivity contribution is 6.22. The Morgan fingerprint density at radius 3 is 2.37 bits per heavy atom. The average Bonchev–Trinajstić information content (AvgIpc) is 3.22. The first-order valence-electron chi connectivity index (χ1n) is 9.21. The maximum atomic E-state index is 13.3. The van der Waals surface area contributed by atoms with E-state index < -0.39 is 0 Å². The number of amides is 2. The van der Waals surface area contributed by atoms with E-state index in [-0.39, 0.29) is 29.7 Å². The lowest BCUT2D eigenvalue weighted by Gasteiger charge is -2.33. The highest BCUT2D eigenvalue weighted by Gasteiger charge is 2.55. The van der Waals surface area contributed by atoms with Gasteiger partial charge in [-0.2, -0.15) is 0 Å². The van der Waals surface area contributed by atoms with E-state index in [2.05, 4.69) is 22.0 Å². The lowest BCUT2D eigenvalue weighted by Crippen LogP contribution is -2.44. The number of benzene rings is 2. The van der Waals surface area contributed by atoms with Crippen LogP contribution in [0.4, 0.5) is 5.69 Å². The molecule has 2 heterocycles. The largest absolute Gasteiger partial charge is 0.349 e. The minimum Gasteiger partial charge on any atom is -0.349 e. The summed E-state index contributed by atoms with van der Waals surface area (Å²) in [6.07, 6.45) is 4.41. The fraction of sp³-hybridized carbons (Fsp3) is 0.227. The number of hydrogen-bond acceptors (Lipinski definition) is 4. The molecule has 5 nitrogen and oxygen atoms in total. The molecule has 1 aliphatic carbocycles. The summed E-state index contributed by atoms with van der Waals surface area (Å²) in [5.74, 6) is -0.913. The lowest BCUT2D eigenvalue weighted by molar-refractivity contribution is -0.122. The van der Waals surface area contributed by atoms with Crippen molar-refractivity contribution in [2.75, 3.05) is 4.90 Å². The van der Waals surface area contributed by atoms with Crippen LogP contribution in [0, 0.1) is 11.8 Å². The van der Waals surface area contributed by atoms with Crippen LogP contribution in [-0.4, -0.2) is 29.1 Å². The van der Waals surface area contributed by atoms with E-state index in [1.807, 2.05) is 60.9 Å². The van der Waals surface area contributed by atoms with Crippen LogP contribution in [-0.2, 0) is 16.1 Å². The van der Waals surface area contributed by atoms with Gasteiger partial charge in [-0.15, -0.1) is 0 Å². The number of aliphatic imine (C=N–C) groups is 1. The molecule has 134 valence electrons. The Labute approximate surface area is 157 Å². The quantitative estimate of drug-likeness (QED) is 0.794. The highest BCUT2D eigenvalue weighted by Crippen LogP contribution is 2.43. The van der Waals surface area contributed by atoms with E-state index in [4.69, 9.17) is 0 Å². The smallest absolute Gasteiger partial charge is 0.240 e. The Morgan fingerprint density at radius 1 is 0.926 bits per heavy atom. The molecule has 2 aromatic rings. The number of carbonyl (C=O) groups excluding carboxylic acids is 2. The molecule has 0 spiro atoms. The zero-order valence-corrected chi connectivity index (χ0v) is 14.7. The van der Waals surface area contributed by atoms with Gasteiger partial charge >= 0.3 is 0 Å². The van der Waals surface area contributed by atoms with Crippen molar-refractivity contribution in [3.8, 4) is 0 Å². The van der Waals surface area contributed by atoms with Crippen LogP contribution in [0.2, 0.25) is 0 Å². The molecule has 0 N–H and O–H groups in total. The number of anilines is 1. The summed E-state index contributed by atoms with van der Waals surface area (Å²) < 4.78 is 0. The van der Waals surface area contributed by atoms with Gasteiger partial charge in [-0.3, -0.25) is 9.59 Å². The average molecular weight is 357 g/mol. The van der Waals surface area contributed by atoms with Crippen molar-refractivity contribution >= 4 is 23.8 Å². The third-order valence-electron chi connectivity index (χ3n) is 5.64. The monoisotopic (exact) mass is 357 g/mol. The third kappa shape index (κ3) is 2.50. The number of imide groups is 1. The fourth-order valence-corrected chi connectivity index (χ4v) is 4.39. The Balaban J connectivity index is 1.48. The van der Waals surface area contributed by atoms with Gasteiger partial charge in [0.1, 0.15) is 0 Å². The number of carbonyl (C=O) groups is 2. The molecule has 0 unspecified atom stereocenters. The summed E-state index contributed by atoms with van der Waals surface area (Å²) >= 11 is 0. The molecule has 0 aromatic heterocycles. The maximum Gasteiger partial charge on any atom is 0.240 e. The SMILES string of the molecule is O=C1[C@H]2[C@H](CC=C3N=CN(Cc4ccccc4)[C@H]32)C(=O)N1c1ccccc1. The Bertz CT molecular complexity index is 952. The highest BCUT2D eigenvalue weighted by atomic mass is 16.2.